The highest BCUT2D eigenvalue weighted by molar-refractivity contribution is 5.65. The molecule has 0 bridgehead atoms. The van der Waals surface area contributed by atoms with Crippen LogP contribution in [0.3, 0.4) is 0 Å². The zero-order valence-electron chi connectivity index (χ0n) is 10.7. The summed E-state index contributed by atoms with van der Waals surface area (Å²) in [5.74, 6) is 2.40. The highest BCUT2D eigenvalue weighted by Gasteiger charge is 2.14. The molecule has 0 spiro atoms. The van der Waals surface area contributed by atoms with E-state index >= 15 is 0 Å². The first-order valence-corrected chi connectivity index (χ1v) is 5.91. The Kier molecular flexibility index (Phi) is 2.59. The van der Waals surface area contributed by atoms with Crippen LogP contribution in [0.25, 0.3) is 5.65 Å². The van der Waals surface area contributed by atoms with Crippen molar-refractivity contribution < 1.29 is 4.42 Å². The Bertz CT molecular complexity index is 716. The molecule has 3 heterocycles. The van der Waals surface area contributed by atoms with Gasteiger partial charge in [-0.15, -0.1) is 0 Å². The smallest absolute Gasteiger partial charge is 0.216 e. The van der Waals surface area contributed by atoms with E-state index in [1.165, 1.54) is 0 Å². The van der Waals surface area contributed by atoms with Crippen LogP contribution in [0.2, 0.25) is 0 Å². The Morgan fingerprint density at radius 1 is 1.42 bits per heavy atom. The molecular weight excluding hydrogens is 244 g/mol. The summed E-state index contributed by atoms with van der Waals surface area (Å²) in [6.07, 6.45) is 6.92. The lowest BCUT2D eigenvalue weighted by Gasteiger charge is -2.12. The molecule has 98 valence electrons. The normalized spacial score (nSPS) is 12.7. The molecule has 1 unspecified atom stereocenters. The molecule has 0 radical (unpaired) electrons. The average Bonchev–Trinajstić information content (AvgIpc) is 2.97. The second kappa shape index (κ2) is 4.27. The molecule has 3 rings (SSSR count). The molecule has 0 amide bonds. The van der Waals surface area contributed by atoms with E-state index in [1.807, 2.05) is 24.4 Å². The van der Waals surface area contributed by atoms with Crippen LogP contribution in [-0.2, 0) is 0 Å². The van der Waals surface area contributed by atoms with Gasteiger partial charge in [-0.3, -0.25) is 0 Å². The summed E-state index contributed by atoms with van der Waals surface area (Å²) < 4.78 is 7.30. The molecule has 0 saturated heterocycles. The van der Waals surface area contributed by atoms with Gasteiger partial charge in [-0.25, -0.2) is 15.0 Å². The number of nitrogen functional groups attached to an aromatic ring is 1. The van der Waals surface area contributed by atoms with E-state index < -0.39 is 0 Å². The van der Waals surface area contributed by atoms with Crippen molar-refractivity contribution in [3.8, 4) is 0 Å². The molecule has 0 aromatic carbocycles. The van der Waals surface area contributed by atoms with E-state index in [4.69, 9.17) is 10.2 Å². The van der Waals surface area contributed by atoms with Gasteiger partial charge in [0, 0.05) is 12.4 Å². The number of fused-ring (bicyclic) bond motifs is 1. The minimum Gasteiger partial charge on any atom is -0.444 e. The fraction of sp³-hybridized carbons (Fsp3) is 0.250. The molecule has 1 atom stereocenters. The molecule has 0 aliphatic carbocycles. The van der Waals surface area contributed by atoms with Crippen molar-refractivity contribution in [2.24, 2.45) is 0 Å². The fourth-order valence-corrected chi connectivity index (χ4v) is 1.89. The number of anilines is 2. The van der Waals surface area contributed by atoms with E-state index in [0.29, 0.717) is 23.2 Å². The first kappa shape index (κ1) is 11.5. The third kappa shape index (κ3) is 2.10. The van der Waals surface area contributed by atoms with Crippen LogP contribution < -0.4 is 11.1 Å². The van der Waals surface area contributed by atoms with Crippen molar-refractivity contribution in [2.45, 2.75) is 19.9 Å². The number of oxazole rings is 1. The highest BCUT2D eigenvalue weighted by Crippen LogP contribution is 2.21. The summed E-state index contributed by atoms with van der Waals surface area (Å²) in [6, 6.07) is -0.122. The number of hydrogen-bond donors (Lipinski definition) is 2. The molecule has 7 nitrogen and oxygen atoms in total. The molecule has 0 aliphatic rings. The zero-order valence-corrected chi connectivity index (χ0v) is 10.7. The van der Waals surface area contributed by atoms with Crippen LogP contribution in [0.5, 0.6) is 0 Å². The lowest BCUT2D eigenvalue weighted by Crippen LogP contribution is -2.10. The lowest BCUT2D eigenvalue weighted by molar-refractivity contribution is 0.453. The monoisotopic (exact) mass is 258 g/mol. The van der Waals surface area contributed by atoms with Crippen LogP contribution in [0.15, 0.2) is 29.2 Å². The van der Waals surface area contributed by atoms with Gasteiger partial charge < -0.3 is 19.9 Å². The number of nitrogens with two attached hydrogens (primary N) is 1. The summed E-state index contributed by atoms with van der Waals surface area (Å²) >= 11 is 0. The highest BCUT2D eigenvalue weighted by atomic mass is 16.4. The predicted octanol–water partition coefficient (Wildman–Crippen LogP) is 1.78. The van der Waals surface area contributed by atoms with Crippen LogP contribution in [0, 0.1) is 6.92 Å². The van der Waals surface area contributed by atoms with Crippen LogP contribution in [0.4, 0.5) is 11.6 Å². The summed E-state index contributed by atoms with van der Waals surface area (Å²) in [5.41, 5.74) is 6.48. The zero-order chi connectivity index (χ0) is 13.4. The van der Waals surface area contributed by atoms with Gasteiger partial charge in [0.1, 0.15) is 17.6 Å². The minimum atomic E-state index is -0.122. The van der Waals surface area contributed by atoms with E-state index in [0.717, 1.165) is 5.76 Å². The Hall–Kier alpha value is -2.57. The number of aryl methyl sites for hydroxylation is 1. The van der Waals surface area contributed by atoms with Crippen LogP contribution >= 0.6 is 0 Å². The largest absolute Gasteiger partial charge is 0.444 e. The van der Waals surface area contributed by atoms with Crippen molar-refractivity contribution in [1.82, 2.24) is 19.4 Å². The molecule has 3 N–H and O–H groups in total. The number of nitrogens with one attached hydrogen (secondary N) is 1. The molecule has 3 aromatic rings. The quantitative estimate of drug-likeness (QED) is 0.743. The van der Waals surface area contributed by atoms with Crippen molar-refractivity contribution in [1.29, 1.82) is 0 Å². The van der Waals surface area contributed by atoms with Crippen molar-refractivity contribution >= 4 is 17.3 Å². The molecule has 0 saturated carbocycles. The van der Waals surface area contributed by atoms with Crippen molar-refractivity contribution in [3.63, 3.8) is 0 Å². The number of hydrogen-bond acceptors (Lipinski definition) is 6. The summed E-state index contributed by atoms with van der Waals surface area (Å²) in [7, 11) is 0. The first-order valence-electron chi connectivity index (χ1n) is 5.91. The second-order valence-corrected chi connectivity index (χ2v) is 4.35. The lowest BCUT2D eigenvalue weighted by atomic mass is 10.3. The van der Waals surface area contributed by atoms with Crippen LogP contribution in [0.1, 0.15) is 24.6 Å². The Balaban J connectivity index is 1.94. The van der Waals surface area contributed by atoms with E-state index in [1.54, 1.807) is 18.6 Å². The van der Waals surface area contributed by atoms with Gasteiger partial charge in [-0.1, -0.05) is 0 Å². The molecule has 7 heteroatoms. The Morgan fingerprint density at radius 3 is 3.00 bits per heavy atom. The maximum absolute atomic E-state index is 5.76. The third-order valence-corrected chi connectivity index (χ3v) is 2.76. The maximum Gasteiger partial charge on any atom is 0.216 e. The molecule has 3 aromatic heterocycles. The summed E-state index contributed by atoms with van der Waals surface area (Å²) in [6.45, 7) is 3.80. The number of aromatic nitrogens is 4. The maximum atomic E-state index is 5.76. The minimum absolute atomic E-state index is 0.122. The van der Waals surface area contributed by atoms with E-state index in [9.17, 15) is 0 Å². The van der Waals surface area contributed by atoms with Gasteiger partial charge in [0.05, 0.1) is 12.4 Å². The predicted molar refractivity (Wildman–Crippen MR) is 70.7 cm³/mol. The van der Waals surface area contributed by atoms with Gasteiger partial charge in [0.2, 0.25) is 5.89 Å². The number of rotatable bonds is 3. The Labute approximate surface area is 109 Å². The molecular formula is C12H14N6O. The molecule has 19 heavy (non-hydrogen) atoms. The second-order valence-electron chi connectivity index (χ2n) is 4.35. The third-order valence-electron chi connectivity index (χ3n) is 2.76. The van der Waals surface area contributed by atoms with Gasteiger partial charge in [0.25, 0.3) is 0 Å². The standard InChI is InChI=1S/C12H14N6O/c1-7-5-15-12(19-7)8(2)16-10-11-14-3-4-18(11)6-9(13)17-10/h3-6,8H,13H2,1-2H3,(H,16,17). The van der Waals surface area contributed by atoms with Crippen molar-refractivity contribution in [2.75, 3.05) is 11.1 Å². The Morgan fingerprint density at radius 2 is 2.26 bits per heavy atom. The molecule has 0 aliphatic heterocycles. The number of nitrogens with zero attached hydrogens (tertiary/aromatic N) is 4. The van der Waals surface area contributed by atoms with Gasteiger partial charge >= 0.3 is 0 Å². The van der Waals surface area contributed by atoms with Crippen molar-refractivity contribution in [3.05, 3.63) is 36.4 Å². The summed E-state index contributed by atoms with van der Waals surface area (Å²) in [4.78, 5) is 12.7. The topological polar surface area (TPSA) is 94.3 Å². The fourth-order valence-electron chi connectivity index (χ4n) is 1.89. The number of imidazole rings is 1. The SMILES string of the molecule is Cc1cnc(C(C)Nc2nc(N)cn3ccnc23)o1. The average molecular weight is 258 g/mol. The first-order chi connectivity index (χ1) is 9.13. The van der Waals surface area contributed by atoms with Gasteiger partial charge in [-0.2, -0.15) is 0 Å². The summed E-state index contributed by atoms with van der Waals surface area (Å²) in [5, 5.41) is 3.21. The van der Waals surface area contributed by atoms with Crippen LogP contribution in [-0.4, -0.2) is 19.4 Å². The molecule has 0 fully saturated rings. The van der Waals surface area contributed by atoms with E-state index in [2.05, 4.69) is 20.3 Å². The van der Waals surface area contributed by atoms with Gasteiger partial charge in [-0.05, 0) is 13.8 Å². The van der Waals surface area contributed by atoms with Gasteiger partial charge in [0.15, 0.2) is 11.5 Å². The van der Waals surface area contributed by atoms with E-state index in [-0.39, 0.29) is 6.04 Å².